The number of aliphatic hydroxyl groups is 1. The van der Waals surface area contributed by atoms with E-state index in [1.54, 1.807) is 37.3 Å². The normalized spacial score (nSPS) is 12.8. The summed E-state index contributed by atoms with van der Waals surface area (Å²) in [5.41, 5.74) is 2.30. The standard InChI is InChI=1S/C23H25Cl2NO4/c1-14(3-8-20(23(30)26-2)21(28)9-10-27)22(29)16-6-4-15(5-7-16)17-11-18(24)13-19(25)12-17/h4-7,11-14,20,27H,3,8-10H2,1-2H3,(H,26,30). The zero-order valence-corrected chi connectivity index (χ0v) is 18.5. The van der Waals surface area contributed by atoms with Gasteiger partial charge in [0.25, 0.3) is 0 Å². The monoisotopic (exact) mass is 449 g/mol. The summed E-state index contributed by atoms with van der Waals surface area (Å²) in [6.45, 7) is 1.48. The minimum atomic E-state index is -0.854. The molecule has 1 amide bonds. The molecule has 2 atom stereocenters. The van der Waals surface area contributed by atoms with Crippen LogP contribution in [0.1, 0.15) is 36.5 Å². The zero-order chi connectivity index (χ0) is 22.3. The Kier molecular flexibility index (Phi) is 9.03. The largest absolute Gasteiger partial charge is 0.396 e. The van der Waals surface area contributed by atoms with Crippen LogP contribution in [0.15, 0.2) is 42.5 Å². The number of aliphatic hydroxyl groups excluding tert-OH is 1. The van der Waals surface area contributed by atoms with E-state index in [1.165, 1.54) is 7.05 Å². The average molecular weight is 450 g/mol. The van der Waals surface area contributed by atoms with Crippen molar-refractivity contribution in [1.29, 1.82) is 0 Å². The molecule has 2 rings (SSSR count). The fourth-order valence-electron chi connectivity index (χ4n) is 3.28. The quantitative estimate of drug-likeness (QED) is 0.410. The van der Waals surface area contributed by atoms with Gasteiger partial charge in [-0.15, -0.1) is 0 Å². The highest BCUT2D eigenvalue weighted by Gasteiger charge is 2.27. The first-order chi connectivity index (χ1) is 14.3. The Morgan fingerprint density at radius 2 is 1.57 bits per heavy atom. The SMILES string of the molecule is CNC(=O)C(CCC(C)C(=O)c1ccc(-c2cc(Cl)cc(Cl)c2)cc1)C(=O)CCO. The van der Waals surface area contributed by atoms with Crippen molar-refractivity contribution in [3.05, 3.63) is 58.1 Å². The lowest BCUT2D eigenvalue weighted by Gasteiger charge is -2.17. The Balaban J connectivity index is 2.06. The van der Waals surface area contributed by atoms with Crippen LogP contribution < -0.4 is 5.32 Å². The second-order valence-electron chi connectivity index (χ2n) is 7.18. The minimum absolute atomic E-state index is 0.0593. The molecular formula is C23H25Cl2NO4. The molecular weight excluding hydrogens is 425 g/mol. The van der Waals surface area contributed by atoms with Gasteiger partial charge in [-0.25, -0.2) is 0 Å². The van der Waals surface area contributed by atoms with Gasteiger partial charge in [-0.3, -0.25) is 14.4 Å². The van der Waals surface area contributed by atoms with Gasteiger partial charge in [-0.1, -0.05) is 54.4 Å². The summed E-state index contributed by atoms with van der Waals surface area (Å²) in [5.74, 6) is -1.98. The molecule has 2 N–H and O–H groups in total. The molecule has 5 nitrogen and oxygen atoms in total. The second kappa shape index (κ2) is 11.3. The Hall–Kier alpha value is -2.21. The molecule has 0 aliphatic rings. The van der Waals surface area contributed by atoms with Crippen molar-refractivity contribution in [2.75, 3.05) is 13.7 Å². The second-order valence-corrected chi connectivity index (χ2v) is 8.06. The van der Waals surface area contributed by atoms with E-state index >= 15 is 0 Å². The number of hydrogen-bond acceptors (Lipinski definition) is 4. The highest BCUT2D eigenvalue weighted by atomic mass is 35.5. The number of benzene rings is 2. The molecule has 30 heavy (non-hydrogen) atoms. The van der Waals surface area contributed by atoms with Gasteiger partial charge in [0.1, 0.15) is 5.78 Å². The van der Waals surface area contributed by atoms with E-state index in [0.29, 0.717) is 22.0 Å². The fraction of sp³-hybridized carbons (Fsp3) is 0.348. The lowest BCUT2D eigenvalue weighted by Crippen LogP contribution is -2.34. The number of hydrogen-bond donors (Lipinski definition) is 2. The van der Waals surface area contributed by atoms with Crippen LogP contribution in [0.25, 0.3) is 11.1 Å². The molecule has 0 heterocycles. The maximum Gasteiger partial charge on any atom is 0.230 e. The van der Waals surface area contributed by atoms with Gasteiger partial charge in [0.05, 0.1) is 5.92 Å². The predicted molar refractivity (Wildman–Crippen MR) is 119 cm³/mol. The Labute approximate surface area is 186 Å². The molecule has 0 radical (unpaired) electrons. The van der Waals surface area contributed by atoms with E-state index in [4.69, 9.17) is 28.3 Å². The molecule has 2 aromatic rings. The van der Waals surface area contributed by atoms with Gasteiger partial charge >= 0.3 is 0 Å². The number of ketones is 2. The first-order valence-electron chi connectivity index (χ1n) is 9.72. The number of nitrogens with one attached hydrogen (secondary N) is 1. The van der Waals surface area contributed by atoms with Gasteiger partial charge in [-0.05, 0) is 42.2 Å². The molecule has 160 valence electrons. The molecule has 7 heteroatoms. The number of halogens is 2. The van der Waals surface area contributed by atoms with E-state index < -0.39 is 11.8 Å². The molecule has 0 aliphatic heterocycles. The molecule has 0 bridgehead atoms. The topological polar surface area (TPSA) is 83.5 Å². The first kappa shape index (κ1) is 24.1. The maximum atomic E-state index is 12.8. The fourth-order valence-corrected chi connectivity index (χ4v) is 3.80. The van der Waals surface area contributed by atoms with Crippen molar-refractivity contribution in [3.8, 4) is 11.1 Å². The summed E-state index contributed by atoms with van der Waals surface area (Å²) in [7, 11) is 1.46. The van der Waals surface area contributed by atoms with Crippen LogP contribution in [-0.2, 0) is 9.59 Å². The summed E-state index contributed by atoms with van der Waals surface area (Å²) < 4.78 is 0. The average Bonchev–Trinajstić information content (AvgIpc) is 2.72. The third-order valence-electron chi connectivity index (χ3n) is 5.01. The van der Waals surface area contributed by atoms with Crippen LogP contribution in [0, 0.1) is 11.8 Å². The Bertz CT molecular complexity index is 892. The number of Topliss-reactive ketones (excluding diaryl/α,β-unsaturated/α-hetero) is 2. The summed E-state index contributed by atoms with van der Waals surface area (Å²) >= 11 is 12.1. The van der Waals surface area contributed by atoms with Crippen molar-refractivity contribution in [2.45, 2.75) is 26.2 Å². The summed E-state index contributed by atoms with van der Waals surface area (Å²) in [5, 5.41) is 12.5. The third-order valence-corrected chi connectivity index (χ3v) is 5.45. The van der Waals surface area contributed by atoms with Crippen LogP contribution >= 0.6 is 23.2 Å². The number of rotatable bonds is 10. The lowest BCUT2D eigenvalue weighted by molar-refractivity contribution is -0.134. The molecule has 0 saturated heterocycles. The van der Waals surface area contributed by atoms with Crippen molar-refractivity contribution in [3.63, 3.8) is 0 Å². The summed E-state index contributed by atoms with van der Waals surface area (Å²) in [6.07, 6.45) is 0.569. The van der Waals surface area contributed by atoms with Gasteiger partial charge in [0, 0.05) is 41.6 Å². The van der Waals surface area contributed by atoms with Crippen LogP contribution in [0.2, 0.25) is 10.0 Å². The van der Waals surface area contributed by atoms with E-state index in [0.717, 1.165) is 11.1 Å². The van der Waals surface area contributed by atoms with Gasteiger partial charge in [0.2, 0.25) is 5.91 Å². The van der Waals surface area contributed by atoms with Crippen LogP contribution in [0.4, 0.5) is 0 Å². The Morgan fingerprint density at radius 3 is 2.10 bits per heavy atom. The summed E-state index contributed by atoms with van der Waals surface area (Å²) in [4.78, 5) is 36.9. The summed E-state index contributed by atoms with van der Waals surface area (Å²) in [6, 6.07) is 12.4. The number of carbonyl (C=O) groups is 3. The van der Waals surface area contributed by atoms with Gasteiger partial charge < -0.3 is 10.4 Å². The number of carbonyl (C=O) groups excluding carboxylic acids is 3. The van der Waals surface area contributed by atoms with Gasteiger partial charge in [-0.2, -0.15) is 0 Å². The first-order valence-corrected chi connectivity index (χ1v) is 10.5. The van der Waals surface area contributed by atoms with Crippen molar-refractivity contribution < 1.29 is 19.5 Å². The smallest absolute Gasteiger partial charge is 0.230 e. The predicted octanol–water partition coefficient (Wildman–Crippen LogP) is 4.57. The van der Waals surface area contributed by atoms with Crippen molar-refractivity contribution in [1.82, 2.24) is 5.32 Å². The van der Waals surface area contributed by atoms with E-state index in [1.807, 2.05) is 12.1 Å². The third kappa shape index (κ3) is 6.39. The molecule has 2 unspecified atom stereocenters. The van der Waals surface area contributed by atoms with Crippen LogP contribution in [-0.4, -0.2) is 36.2 Å². The maximum absolute atomic E-state index is 12.8. The highest BCUT2D eigenvalue weighted by molar-refractivity contribution is 6.35. The highest BCUT2D eigenvalue weighted by Crippen LogP contribution is 2.28. The van der Waals surface area contributed by atoms with E-state index in [9.17, 15) is 14.4 Å². The van der Waals surface area contributed by atoms with E-state index in [2.05, 4.69) is 5.32 Å². The molecule has 0 aliphatic carbocycles. The molecule has 0 fully saturated rings. The van der Waals surface area contributed by atoms with Crippen molar-refractivity contribution in [2.24, 2.45) is 11.8 Å². The van der Waals surface area contributed by atoms with Crippen LogP contribution in [0.5, 0.6) is 0 Å². The lowest BCUT2D eigenvalue weighted by atomic mass is 9.88. The van der Waals surface area contributed by atoms with Crippen LogP contribution in [0.3, 0.4) is 0 Å². The molecule has 0 aromatic heterocycles. The molecule has 2 aromatic carbocycles. The van der Waals surface area contributed by atoms with Gasteiger partial charge in [0.15, 0.2) is 5.78 Å². The zero-order valence-electron chi connectivity index (χ0n) is 17.0. The van der Waals surface area contributed by atoms with E-state index in [-0.39, 0.29) is 36.9 Å². The van der Waals surface area contributed by atoms with Crippen molar-refractivity contribution >= 4 is 40.7 Å². The Morgan fingerprint density at radius 1 is 0.967 bits per heavy atom. The molecule has 0 spiro atoms. The number of amides is 1. The molecule has 0 saturated carbocycles. The minimum Gasteiger partial charge on any atom is -0.396 e.